The number of para-hydroxylation sites is 1. The molecule has 0 aliphatic carbocycles. The smallest absolute Gasteiger partial charge is 0.262 e. The molecule has 1 amide bonds. The maximum absolute atomic E-state index is 13.2. The summed E-state index contributed by atoms with van der Waals surface area (Å²) >= 11 is 7.42. The van der Waals surface area contributed by atoms with Gasteiger partial charge in [0, 0.05) is 23.3 Å². The summed E-state index contributed by atoms with van der Waals surface area (Å²) in [5.74, 6) is 0.0238. The van der Waals surface area contributed by atoms with E-state index in [0.717, 1.165) is 12.1 Å². The van der Waals surface area contributed by atoms with Gasteiger partial charge < -0.3 is 4.90 Å². The summed E-state index contributed by atoms with van der Waals surface area (Å²) < 4.78 is 1.66. The van der Waals surface area contributed by atoms with Crippen molar-refractivity contribution in [3.8, 4) is 0 Å². The molecular weight excluding hydrogens is 406 g/mol. The van der Waals surface area contributed by atoms with Gasteiger partial charge in [-0.25, -0.2) is 4.98 Å². The van der Waals surface area contributed by atoms with Crippen LogP contribution in [0, 0.1) is 0 Å². The van der Waals surface area contributed by atoms with Crippen molar-refractivity contribution in [2.45, 2.75) is 43.6 Å². The molecule has 0 spiro atoms. The zero-order chi connectivity index (χ0) is 20.7. The number of halogens is 1. The topological polar surface area (TPSA) is 55.2 Å². The molecule has 0 unspecified atom stereocenters. The summed E-state index contributed by atoms with van der Waals surface area (Å²) in [7, 11) is 0. The summed E-state index contributed by atoms with van der Waals surface area (Å²) in [6, 6.07) is 13.0. The molecule has 1 atom stereocenters. The first-order valence-electron chi connectivity index (χ1n) is 9.64. The van der Waals surface area contributed by atoms with E-state index in [4.69, 9.17) is 11.6 Å². The first-order chi connectivity index (χ1) is 13.9. The zero-order valence-electron chi connectivity index (χ0n) is 16.6. The minimum Gasteiger partial charge on any atom is -0.311 e. The molecule has 1 aromatic heterocycles. The van der Waals surface area contributed by atoms with Gasteiger partial charge in [0.2, 0.25) is 5.91 Å². The highest BCUT2D eigenvalue weighted by Crippen LogP contribution is 2.32. The highest BCUT2D eigenvalue weighted by atomic mass is 35.5. The number of fused-ring (bicyclic) bond motifs is 2. The molecule has 0 saturated heterocycles. The number of aromatic nitrogens is 2. The second-order valence-corrected chi connectivity index (χ2v) is 9.20. The van der Waals surface area contributed by atoms with Gasteiger partial charge in [-0.05, 0) is 57.0 Å². The Morgan fingerprint density at radius 1 is 1.17 bits per heavy atom. The lowest BCUT2D eigenvalue weighted by Crippen LogP contribution is -2.36. The molecule has 0 bridgehead atoms. The predicted octanol–water partition coefficient (Wildman–Crippen LogP) is 4.70. The van der Waals surface area contributed by atoms with Crippen molar-refractivity contribution < 1.29 is 4.79 Å². The highest BCUT2D eigenvalue weighted by Gasteiger charge is 2.29. The normalized spacial score (nSPS) is 14.4. The molecule has 29 heavy (non-hydrogen) atoms. The minimum atomic E-state index is -0.380. The third-order valence-electron chi connectivity index (χ3n) is 5.13. The van der Waals surface area contributed by atoms with Gasteiger partial charge >= 0.3 is 0 Å². The van der Waals surface area contributed by atoms with Crippen LogP contribution in [0.4, 0.5) is 5.69 Å². The Labute approximate surface area is 178 Å². The summed E-state index contributed by atoms with van der Waals surface area (Å²) in [5, 5.41) is 1.21. The van der Waals surface area contributed by atoms with Crippen molar-refractivity contribution in [2.24, 2.45) is 0 Å². The minimum absolute atomic E-state index is 0.0238. The van der Waals surface area contributed by atoms with Gasteiger partial charge in [-0.3, -0.25) is 14.2 Å². The number of hydrogen-bond acceptors (Lipinski definition) is 4. The molecular formula is C22H22ClN3O2S. The number of carbonyl (C=O) groups is 1. The number of hydrogen-bond donors (Lipinski definition) is 0. The number of carbonyl (C=O) groups excluding carboxylic acids is 1. The summed E-state index contributed by atoms with van der Waals surface area (Å²) in [5.41, 5.74) is 2.60. The molecule has 2 aromatic carbocycles. The Balaban J connectivity index is 1.69. The van der Waals surface area contributed by atoms with Crippen LogP contribution in [0.1, 0.15) is 32.4 Å². The van der Waals surface area contributed by atoms with E-state index < -0.39 is 0 Å². The zero-order valence-corrected chi connectivity index (χ0v) is 18.1. The van der Waals surface area contributed by atoms with Crippen LogP contribution in [-0.4, -0.2) is 27.3 Å². The lowest BCUT2D eigenvalue weighted by Gasteiger charge is -2.23. The predicted molar refractivity (Wildman–Crippen MR) is 119 cm³/mol. The lowest BCUT2D eigenvalue weighted by molar-refractivity contribution is -0.117. The van der Waals surface area contributed by atoms with E-state index in [-0.39, 0.29) is 22.8 Å². The SMILES string of the molecule is CC(C)n1c(S[C@H](C)C(=O)N2CCc3ccccc32)nc2cc(Cl)ccc2c1=O. The van der Waals surface area contributed by atoms with E-state index in [1.165, 1.54) is 17.3 Å². The second kappa shape index (κ2) is 7.84. The lowest BCUT2D eigenvalue weighted by atomic mass is 10.2. The fourth-order valence-electron chi connectivity index (χ4n) is 3.69. The monoisotopic (exact) mass is 427 g/mol. The van der Waals surface area contributed by atoms with Gasteiger partial charge in [-0.2, -0.15) is 0 Å². The van der Waals surface area contributed by atoms with Crippen molar-refractivity contribution in [1.82, 2.24) is 9.55 Å². The quantitative estimate of drug-likeness (QED) is 0.447. The molecule has 1 aliphatic rings. The largest absolute Gasteiger partial charge is 0.311 e. The van der Waals surface area contributed by atoms with Crippen LogP contribution in [0.15, 0.2) is 52.4 Å². The molecule has 3 aromatic rings. The maximum atomic E-state index is 13.2. The molecule has 150 valence electrons. The van der Waals surface area contributed by atoms with Crippen LogP contribution < -0.4 is 10.5 Å². The maximum Gasteiger partial charge on any atom is 0.262 e. The van der Waals surface area contributed by atoms with Crippen LogP contribution >= 0.6 is 23.4 Å². The first-order valence-corrected chi connectivity index (χ1v) is 10.9. The van der Waals surface area contributed by atoms with Crippen molar-refractivity contribution in [2.75, 3.05) is 11.4 Å². The summed E-state index contributed by atoms with van der Waals surface area (Å²) in [6.45, 7) is 6.43. The Hall–Kier alpha value is -2.31. The van der Waals surface area contributed by atoms with Gasteiger partial charge in [0.25, 0.3) is 5.56 Å². The van der Waals surface area contributed by atoms with E-state index in [9.17, 15) is 9.59 Å². The van der Waals surface area contributed by atoms with Gasteiger partial charge in [0.15, 0.2) is 5.16 Å². The molecule has 5 nitrogen and oxygen atoms in total. The van der Waals surface area contributed by atoms with E-state index in [0.29, 0.717) is 27.6 Å². The van der Waals surface area contributed by atoms with Crippen molar-refractivity contribution >= 4 is 45.9 Å². The number of nitrogens with zero attached hydrogens (tertiary/aromatic N) is 3. The Morgan fingerprint density at radius 2 is 1.93 bits per heavy atom. The number of amides is 1. The average Bonchev–Trinajstić information content (AvgIpc) is 3.11. The molecule has 0 saturated carbocycles. The van der Waals surface area contributed by atoms with Gasteiger partial charge in [-0.1, -0.05) is 41.6 Å². The Morgan fingerprint density at radius 3 is 2.69 bits per heavy atom. The number of anilines is 1. The number of thioether (sulfide) groups is 1. The first kappa shape index (κ1) is 20.0. The third-order valence-corrected chi connectivity index (χ3v) is 6.42. The van der Waals surface area contributed by atoms with Gasteiger partial charge in [-0.15, -0.1) is 0 Å². The molecule has 2 heterocycles. The molecule has 0 N–H and O–H groups in total. The summed E-state index contributed by atoms with van der Waals surface area (Å²) in [4.78, 5) is 32.7. The van der Waals surface area contributed by atoms with E-state index in [1.807, 2.05) is 43.9 Å². The average molecular weight is 428 g/mol. The summed E-state index contributed by atoms with van der Waals surface area (Å²) in [6.07, 6.45) is 0.864. The Bertz CT molecular complexity index is 1160. The fraction of sp³-hybridized carbons (Fsp3) is 0.318. The van der Waals surface area contributed by atoms with Crippen LogP contribution in [0.25, 0.3) is 10.9 Å². The second-order valence-electron chi connectivity index (χ2n) is 7.45. The highest BCUT2D eigenvalue weighted by molar-refractivity contribution is 8.00. The fourth-order valence-corrected chi connectivity index (χ4v) is 4.95. The number of rotatable bonds is 4. The van der Waals surface area contributed by atoms with Crippen LogP contribution in [0.5, 0.6) is 0 Å². The molecule has 1 aliphatic heterocycles. The molecule has 4 rings (SSSR count). The molecule has 7 heteroatoms. The number of benzene rings is 2. The standard InChI is InChI=1S/C22H22ClN3O2S/c1-13(2)26-21(28)17-9-8-16(23)12-18(17)24-22(26)29-14(3)20(27)25-11-10-15-6-4-5-7-19(15)25/h4-9,12-14H,10-11H2,1-3H3/t14-/m1/s1. The Kier molecular flexibility index (Phi) is 5.40. The van der Waals surface area contributed by atoms with E-state index in [1.54, 1.807) is 22.8 Å². The molecule has 0 fully saturated rings. The van der Waals surface area contributed by atoms with Crippen molar-refractivity contribution in [3.05, 3.63) is 63.4 Å². The molecule has 0 radical (unpaired) electrons. The van der Waals surface area contributed by atoms with Gasteiger partial charge in [0.05, 0.1) is 16.2 Å². The van der Waals surface area contributed by atoms with Crippen LogP contribution in [-0.2, 0) is 11.2 Å². The third kappa shape index (κ3) is 3.67. The van der Waals surface area contributed by atoms with E-state index in [2.05, 4.69) is 11.1 Å². The van der Waals surface area contributed by atoms with Crippen LogP contribution in [0.3, 0.4) is 0 Å². The van der Waals surface area contributed by atoms with Crippen LogP contribution in [0.2, 0.25) is 5.02 Å². The van der Waals surface area contributed by atoms with Crippen molar-refractivity contribution in [1.29, 1.82) is 0 Å². The van der Waals surface area contributed by atoms with Crippen molar-refractivity contribution in [3.63, 3.8) is 0 Å². The van der Waals surface area contributed by atoms with Gasteiger partial charge in [0.1, 0.15) is 0 Å². The van der Waals surface area contributed by atoms with E-state index >= 15 is 0 Å².